The molecular formula is C25H20ClN3O5S. The summed E-state index contributed by atoms with van der Waals surface area (Å²) < 4.78 is 17.8. The minimum absolute atomic E-state index is 0.0807. The van der Waals surface area contributed by atoms with Crippen LogP contribution in [0.25, 0.3) is 6.08 Å². The van der Waals surface area contributed by atoms with Gasteiger partial charge in [-0.3, -0.25) is 9.36 Å². The molecule has 0 saturated carbocycles. The third-order valence-electron chi connectivity index (χ3n) is 5.37. The van der Waals surface area contributed by atoms with Gasteiger partial charge in [-0.25, -0.2) is 9.79 Å². The lowest BCUT2D eigenvalue weighted by molar-refractivity contribution is -0.136. The Morgan fingerprint density at radius 3 is 2.80 bits per heavy atom. The first-order chi connectivity index (χ1) is 16.9. The standard InChI is InChI=1S/C25H20ClN3O5S/c1-14-21(24(31)33-3)22(18-13-16(26)7-8-19(18)32-2)29-23(30)20(35-25(29)28-14)12-15-5-4-6-17(11-15)34-10-9-27/h4-8,11-13,22H,10H2,1-3H3/b20-12-/t22-/m0/s1. The van der Waals surface area contributed by atoms with Gasteiger partial charge in [0, 0.05) is 10.6 Å². The molecule has 0 fully saturated rings. The van der Waals surface area contributed by atoms with Crippen molar-refractivity contribution in [2.45, 2.75) is 13.0 Å². The number of methoxy groups -OCH3 is 2. The van der Waals surface area contributed by atoms with Crippen molar-refractivity contribution in [2.24, 2.45) is 4.99 Å². The molecule has 0 N–H and O–H groups in total. The van der Waals surface area contributed by atoms with Crippen molar-refractivity contribution >= 4 is 35.0 Å². The van der Waals surface area contributed by atoms with Crippen LogP contribution in [0.3, 0.4) is 0 Å². The maximum Gasteiger partial charge on any atom is 0.338 e. The molecule has 178 valence electrons. The molecule has 0 spiro atoms. The summed E-state index contributed by atoms with van der Waals surface area (Å²) in [4.78, 5) is 31.4. The maximum atomic E-state index is 13.7. The number of esters is 1. The van der Waals surface area contributed by atoms with Crippen LogP contribution in [-0.4, -0.2) is 31.4 Å². The van der Waals surface area contributed by atoms with E-state index in [1.165, 1.54) is 30.1 Å². The van der Waals surface area contributed by atoms with E-state index < -0.39 is 12.0 Å². The zero-order chi connectivity index (χ0) is 25.1. The van der Waals surface area contributed by atoms with Gasteiger partial charge < -0.3 is 14.2 Å². The van der Waals surface area contributed by atoms with Gasteiger partial charge in [0.15, 0.2) is 11.4 Å². The highest BCUT2D eigenvalue weighted by atomic mass is 35.5. The fraction of sp³-hybridized carbons (Fsp3) is 0.200. The Balaban J connectivity index is 1.95. The predicted molar refractivity (Wildman–Crippen MR) is 131 cm³/mol. The van der Waals surface area contributed by atoms with Crippen molar-refractivity contribution in [3.8, 4) is 17.6 Å². The fourth-order valence-electron chi connectivity index (χ4n) is 3.87. The van der Waals surface area contributed by atoms with Gasteiger partial charge in [-0.2, -0.15) is 5.26 Å². The van der Waals surface area contributed by atoms with E-state index in [1.54, 1.807) is 49.4 Å². The van der Waals surface area contributed by atoms with Gasteiger partial charge in [0.1, 0.15) is 23.6 Å². The molecule has 0 aliphatic carbocycles. The number of nitriles is 1. The third kappa shape index (κ3) is 4.71. The van der Waals surface area contributed by atoms with E-state index in [2.05, 4.69) is 4.99 Å². The SMILES string of the molecule is COC(=O)C1=C(C)N=c2s/c(=C\c3cccc(OCC#N)c3)c(=O)n2[C@H]1c1cc(Cl)ccc1OC. The second-order valence-electron chi connectivity index (χ2n) is 7.48. The molecule has 1 aliphatic rings. The molecule has 35 heavy (non-hydrogen) atoms. The van der Waals surface area contributed by atoms with Gasteiger partial charge in [0.2, 0.25) is 0 Å². The second kappa shape index (κ2) is 10.2. The molecule has 0 radical (unpaired) electrons. The van der Waals surface area contributed by atoms with Crippen molar-refractivity contribution < 1.29 is 19.0 Å². The quantitative estimate of drug-likeness (QED) is 0.473. The highest BCUT2D eigenvalue weighted by Gasteiger charge is 2.35. The average molecular weight is 510 g/mol. The zero-order valence-corrected chi connectivity index (χ0v) is 20.6. The first-order valence-electron chi connectivity index (χ1n) is 10.4. The summed E-state index contributed by atoms with van der Waals surface area (Å²) in [6, 6.07) is 13.2. The van der Waals surface area contributed by atoms with Crippen LogP contribution in [-0.2, 0) is 9.53 Å². The van der Waals surface area contributed by atoms with E-state index in [-0.39, 0.29) is 17.7 Å². The number of fused-ring (bicyclic) bond motifs is 1. The van der Waals surface area contributed by atoms with Crippen molar-refractivity contribution in [1.29, 1.82) is 5.26 Å². The smallest absolute Gasteiger partial charge is 0.338 e. The number of carbonyl (C=O) groups excluding carboxylic acids is 1. The lowest BCUT2D eigenvalue weighted by Crippen LogP contribution is -2.40. The monoisotopic (exact) mass is 509 g/mol. The largest absolute Gasteiger partial charge is 0.496 e. The number of thiazole rings is 1. The molecular weight excluding hydrogens is 490 g/mol. The summed E-state index contributed by atoms with van der Waals surface area (Å²) in [6.07, 6.45) is 1.71. The van der Waals surface area contributed by atoms with E-state index in [0.717, 1.165) is 0 Å². The molecule has 4 rings (SSSR count). The summed E-state index contributed by atoms with van der Waals surface area (Å²) in [5, 5.41) is 9.17. The summed E-state index contributed by atoms with van der Waals surface area (Å²) in [7, 11) is 2.79. The van der Waals surface area contributed by atoms with E-state index >= 15 is 0 Å². The molecule has 0 amide bonds. The van der Waals surface area contributed by atoms with E-state index in [1.807, 2.05) is 12.1 Å². The number of rotatable bonds is 6. The lowest BCUT2D eigenvalue weighted by Gasteiger charge is -2.25. The Morgan fingerprint density at radius 1 is 1.29 bits per heavy atom. The highest BCUT2D eigenvalue weighted by molar-refractivity contribution is 7.07. The summed E-state index contributed by atoms with van der Waals surface area (Å²) >= 11 is 7.48. The molecule has 8 nitrogen and oxygen atoms in total. The number of allylic oxidation sites excluding steroid dienone is 1. The van der Waals surface area contributed by atoms with E-state index in [0.29, 0.717) is 42.7 Å². The molecule has 10 heteroatoms. The molecule has 1 aromatic heterocycles. The van der Waals surface area contributed by atoms with Crippen molar-refractivity contribution in [3.05, 3.63) is 89.6 Å². The Hall–Kier alpha value is -3.87. The first-order valence-corrected chi connectivity index (χ1v) is 11.6. The number of carbonyl (C=O) groups is 1. The van der Waals surface area contributed by atoms with Crippen LogP contribution in [0, 0.1) is 11.3 Å². The van der Waals surface area contributed by atoms with Crippen LogP contribution < -0.4 is 24.4 Å². The second-order valence-corrected chi connectivity index (χ2v) is 8.92. The minimum Gasteiger partial charge on any atom is -0.496 e. The Labute approximate surface area is 209 Å². The average Bonchev–Trinajstić information content (AvgIpc) is 3.15. The Kier molecular flexibility index (Phi) is 7.05. The maximum absolute atomic E-state index is 13.7. The van der Waals surface area contributed by atoms with Crippen molar-refractivity contribution in [1.82, 2.24) is 4.57 Å². The normalized spacial score (nSPS) is 15.2. The number of ether oxygens (including phenoxy) is 3. The molecule has 1 aliphatic heterocycles. The topological polar surface area (TPSA) is 103 Å². The number of aromatic nitrogens is 1. The van der Waals surface area contributed by atoms with Gasteiger partial charge in [-0.05, 0) is 48.9 Å². The van der Waals surface area contributed by atoms with E-state index in [4.69, 9.17) is 31.1 Å². The molecule has 3 aromatic rings. The number of hydrogen-bond acceptors (Lipinski definition) is 8. The van der Waals surface area contributed by atoms with Crippen molar-refractivity contribution in [3.63, 3.8) is 0 Å². The lowest BCUT2D eigenvalue weighted by atomic mass is 9.95. The molecule has 1 atom stereocenters. The van der Waals surface area contributed by atoms with Crippen LogP contribution in [0.5, 0.6) is 11.5 Å². The Bertz CT molecular complexity index is 1560. The Morgan fingerprint density at radius 2 is 2.09 bits per heavy atom. The predicted octanol–water partition coefficient (Wildman–Crippen LogP) is 2.97. The molecule has 2 heterocycles. The number of nitrogens with zero attached hydrogens (tertiary/aromatic N) is 3. The zero-order valence-electron chi connectivity index (χ0n) is 19.1. The molecule has 0 bridgehead atoms. The van der Waals surface area contributed by atoms with Crippen LogP contribution in [0.15, 0.2) is 63.5 Å². The summed E-state index contributed by atoms with van der Waals surface area (Å²) in [5.41, 5.74) is 1.57. The van der Waals surface area contributed by atoms with Crippen LogP contribution in [0.1, 0.15) is 24.1 Å². The van der Waals surface area contributed by atoms with Crippen molar-refractivity contribution in [2.75, 3.05) is 20.8 Å². The van der Waals surface area contributed by atoms with Crippen LogP contribution in [0.2, 0.25) is 5.02 Å². The van der Waals surface area contributed by atoms with Crippen LogP contribution in [0.4, 0.5) is 0 Å². The molecule has 0 saturated heterocycles. The fourth-order valence-corrected chi connectivity index (χ4v) is 5.09. The third-order valence-corrected chi connectivity index (χ3v) is 6.59. The first kappa shape index (κ1) is 24.3. The number of hydrogen-bond donors (Lipinski definition) is 0. The van der Waals surface area contributed by atoms with Gasteiger partial charge in [-0.15, -0.1) is 0 Å². The molecule has 0 unspecified atom stereocenters. The highest BCUT2D eigenvalue weighted by Crippen LogP contribution is 2.37. The number of benzene rings is 2. The summed E-state index contributed by atoms with van der Waals surface area (Å²) in [5.74, 6) is 0.376. The van der Waals surface area contributed by atoms with Gasteiger partial charge >= 0.3 is 5.97 Å². The van der Waals surface area contributed by atoms with Gasteiger partial charge in [0.05, 0.1) is 30.0 Å². The van der Waals surface area contributed by atoms with Crippen LogP contribution >= 0.6 is 22.9 Å². The van der Waals surface area contributed by atoms with Gasteiger partial charge in [0.25, 0.3) is 5.56 Å². The van der Waals surface area contributed by atoms with Gasteiger partial charge in [-0.1, -0.05) is 35.1 Å². The number of halogens is 1. The van der Waals surface area contributed by atoms with E-state index in [9.17, 15) is 9.59 Å². The minimum atomic E-state index is -0.847. The molecule has 2 aromatic carbocycles. The summed E-state index contributed by atoms with van der Waals surface area (Å²) in [6.45, 7) is 1.62.